The van der Waals surface area contributed by atoms with E-state index in [0.29, 0.717) is 40.0 Å². The quantitative estimate of drug-likeness (QED) is 0.789. The third-order valence-corrected chi connectivity index (χ3v) is 3.75. The third kappa shape index (κ3) is 3.38. The highest BCUT2D eigenvalue weighted by molar-refractivity contribution is 7.97. The number of ketones is 1. The Kier molecular flexibility index (Phi) is 5.02. The lowest BCUT2D eigenvalue weighted by Gasteiger charge is -2.03. The van der Waals surface area contributed by atoms with Crippen LogP contribution in [0.25, 0.3) is 0 Å². The Balaban J connectivity index is 2.07. The minimum Gasteiger partial charge on any atom is -0.355 e. The molecule has 0 saturated carbocycles. The Morgan fingerprint density at radius 1 is 1.36 bits per heavy atom. The molecule has 2 N–H and O–H groups in total. The molecule has 118 valence electrons. The average molecular weight is 322 g/mol. The number of carbonyl (C=O) groups excluding carboxylic acids is 2. The number of nitrogens with zero attached hydrogens (tertiary/aromatic N) is 2. The molecule has 0 saturated heterocycles. The van der Waals surface area contributed by atoms with E-state index >= 15 is 0 Å². The molecule has 7 nitrogen and oxygen atoms in total. The van der Waals surface area contributed by atoms with E-state index in [9.17, 15) is 9.59 Å². The molecule has 0 bridgehead atoms. The summed E-state index contributed by atoms with van der Waals surface area (Å²) in [6, 6.07) is 0. The van der Waals surface area contributed by atoms with Crippen molar-refractivity contribution in [1.82, 2.24) is 20.4 Å². The number of aromatic nitrogens is 3. The number of H-pyrrole nitrogens is 1. The lowest BCUT2D eigenvalue weighted by molar-refractivity contribution is 0.0945. The molecule has 2 aromatic rings. The van der Waals surface area contributed by atoms with Crippen LogP contribution in [0.15, 0.2) is 4.52 Å². The lowest BCUT2D eigenvalue weighted by Crippen LogP contribution is -2.24. The summed E-state index contributed by atoms with van der Waals surface area (Å²) in [5, 5.41) is 6.54. The largest absolute Gasteiger partial charge is 0.355 e. The molecule has 2 rings (SSSR count). The van der Waals surface area contributed by atoms with Crippen molar-refractivity contribution in [3.63, 3.8) is 0 Å². The van der Waals surface area contributed by atoms with E-state index in [-0.39, 0.29) is 18.2 Å². The second-order valence-electron chi connectivity index (χ2n) is 4.90. The van der Waals surface area contributed by atoms with Gasteiger partial charge in [-0.05, 0) is 25.7 Å². The SMILES string of the molecule is CSCc1noc(CNC(=O)c2c(C)[nH]c(C(C)=O)c2C)n1. The van der Waals surface area contributed by atoms with E-state index < -0.39 is 0 Å². The predicted molar refractivity (Wildman–Crippen MR) is 83.0 cm³/mol. The smallest absolute Gasteiger partial charge is 0.253 e. The number of hydrogen-bond acceptors (Lipinski definition) is 6. The van der Waals surface area contributed by atoms with E-state index in [4.69, 9.17) is 4.52 Å². The Hall–Kier alpha value is -2.09. The van der Waals surface area contributed by atoms with Gasteiger partial charge in [0.15, 0.2) is 11.6 Å². The van der Waals surface area contributed by atoms with Gasteiger partial charge in [0.1, 0.15) is 0 Å². The molecule has 0 fully saturated rings. The van der Waals surface area contributed by atoms with E-state index in [1.165, 1.54) is 6.92 Å². The normalized spacial score (nSPS) is 10.7. The highest BCUT2D eigenvalue weighted by atomic mass is 32.2. The molecule has 0 aliphatic heterocycles. The summed E-state index contributed by atoms with van der Waals surface area (Å²) in [6.07, 6.45) is 1.95. The van der Waals surface area contributed by atoms with Crippen molar-refractivity contribution in [3.8, 4) is 0 Å². The molecule has 0 aliphatic carbocycles. The van der Waals surface area contributed by atoms with Gasteiger partial charge in [0.25, 0.3) is 5.91 Å². The number of Topliss-reactive ketones (excluding diaryl/α,β-unsaturated/α-hetero) is 1. The zero-order valence-corrected chi connectivity index (χ0v) is 13.8. The van der Waals surface area contributed by atoms with Crippen LogP contribution in [-0.2, 0) is 12.3 Å². The van der Waals surface area contributed by atoms with Gasteiger partial charge in [0.2, 0.25) is 5.89 Å². The number of amides is 1. The van der Waals surface area contributed by atoms with Gasteiger partial charge in [-0.3, -0.25) is 9.59 Å². The Morgan fingerprint density at radius 3 is 2.68 bits per heavy atom. The standard InChI is InChI=1S/C14H18N4O3S/c1-7-12(8(2)16-13(7)9(3)19)14(20)15-5-11-17-10(6-22-4)18-21-11/h16H,5-6H2,1-4H3,(H,15,20). The zero-order chi connectivity index (χ0) is 16.3. The van der Waals surface area contributed by atoms with Crippen LogP contribution in [0, 0.1) is 13.8 Å². The van der Waals surface area contributed by atoms with E-state index in [2.05, 4.69) is 20.4 Å². The van der Waals surface area contributed by atoms with Gasteiger partial charge in [-0.15, -0.1) is 0 Å². The summed E-state index contributed by atoms with van der Waals surface area (Å²) in [6.45, 7) is 5.13. The molecule has 2 heterocycles. The third-order valence-electron chi connectivity index (χ3n) is 3.20. The Morgan fingerprint density at radius 2 is 2.09 bits per heavy atom. The fourth-order valence-corrected chi connectivity index (χ4v) is 2.61. The fourth-order valence-electron chi connectivity index (χ4n) is 2.24. The summed E-state index contributed by atoms with van der Waals surface area (Å²) in [7, 11) is 0. The van der Waals surface area contributed by atoms with Crippen LogP contribution >= 0.6 is 11.8 Å². The monoisotopic (exact) mass is 322 g/mol. The molecule has 0 unspecified atom stereocenters. The molecular formula is C14H18N4O3S. The molecule has 2 aromatic heterocycles. The number of aryl methyl sites for hydroxylation is 1. The van der Waals surface area contributed by atoms with Crippen LogP contribution in [0.5, 0.6) is 0 Å². The first-order valence-electron chi connectivity index (χ1n) is 6.72. The first kappa shape index (κ1) is 16.3. The number of nitrogens with one attached hydrogen (secondary N) is 2. The number of thioether (sulfide) groups is 1. The van der Waals surface area contributed by atoms with Crippen molar-refractivity contribution in [2.75, 3.05) is 6.26 Å². The first-order chi connectivity index (χ1) is 10.4. The summed E-state index contributed by atoms with van der Waals surface area (Å²) < 4.78 is 5.06. The fraction of sp³-hybridized carbons (Fsp3) is 0.429. The van der Waals surface area contributed by atoms with Crippen molar-refractivity contribution in [3.05, 3.63) is 34.2 Å². The van der Waals surface area contributed by atoms with E-state index in [0.717, 1.165) is 0 Å². The van der Waals surface area contributed by atoms with Gasteiger partial charge in [0.05, 0.1) is 23.6 Å². The van der Waals surface area contributed by atoms with Crippen molar-refractivity contribution in [1.29, 1.82) is 0 Å². The van der Waals surface area contributed by atoms with Gasteiger partial charge < -0.3 is 14.8 Å². The molecule has 0 aliphatic rings. The van der Waals surface area contributed by atoms with Crippen LogP contribution in [0.1, 0.15) is 50.7 Å². The molecule has 22 heavy (non-hydrogen) atoms. The number of hydrogen-bond donors (Lipinski definition) is 2. The molecule has 1 amide bonds. The van der Waals surface area contributed by atoms with E-state index in [1.807, 2.05) is 6.26 Å². The Labute approximate surface area is 132 Å². The molecule has 0 aromatic carbocycles. The number of carbonyl (C=O) groups is 2. The molecule has 0 atom stereocenters. The summed E-state index contributed by atoms with van der Waals surface area (Å²) in [5.74, 6) is 1.25. The van der Waals surface area contributed by atoms with Gasteiger partial charge in [-0.1, -0.05) is 5.16 Å². The molecular weight excluding hydrogens is 304 g/mol. The summed E-state index contributed by atoms with van der Waals surface area (Å²) in [5.41, 5.74) is 2.25. The maximum absolute atomic E-state index is 12.3. The lowest BCUT2D eigenvalue weighted by atomic mass is 10.1. The second-order valence-corrected chi connectivity index (χ2v) is 5.77. The van der Waals surface area contributed by atoms with Crippen molar-refractivity contribution < 1.29 is 14.1 Å². The van der Waals surface area contributed by atoms with Gasteiger partial charge in [-0.2, -0.15) is 16.7 Å². The van der Waals surface area contributed by atoms with Crippen LogP contribution in [0.3, 0.4) is 0 Å². The van der Waals surface area contributed by atoms with Crippen molar-refractivity contribution in [2.45, 2.75) is 33.1 Å². The van der Waals surface area contributed by atoms with Crippen LogP contribution in [-0.4, -0.2) is 33.1 Å². The van der Waals surface area contributed by atoms with Crippen molar-refractivity contribution in [2.24, 2.45) is 0 Å². The van der Waals surface area contributed by atoms with Crippen molar-refractivity contribution >= 4 is 23.5 Å². The maximum Gasteiger partial charge on any atom is 0.253 e. The Bertz CT molecular complexity index is 705. The van der Waals surface area contributed by atoms with Gasteiger partial charge in [0, 0.05) is 12.6 Å². The summed E-state index contributed by atoms with van der Waals surface area (Å²) >= 11 is 1.59. The van der Waals surface area contributed by atoms with Crippen LogP contribution < -0.4 is 5.32 Å². The number of rotatable bonds is 6. The van der Waals surface area contributed by atoms with Gasteiger partial charge in [-0.25, -0.2) is 0 Å². The van der Waals surface area contributed by atoms with Crippen LogP contribution in [0.4, 0.5) is 0 Å². The zero-order valence-electron chi connectivity index (χ0n) is 12.9. The first-order valence-corrected chi connectivity index (χ1v) is 8.12. The molecule has 0 radical (unpaired) electrons. The minimum atomic E-state index is -0.275. The maximum atomic E-state index is 12.3. The van der Waals surface area contributed by atoms with Crippen LogP contribution in [0.2, 0.25) is 0 Å². The highest BCUT2D eigenvalue weighted by Crippen LogP contribution is 2.18. The predicted octanol–water partition coefficient (Wildman–Crippen LogP) is 2.01. The topological polar surface area (TPSA) is 101 Å². The highest BCUT2D eigenvalue weighted by Gasteiger charge is 2.20. The van der Waals surface area contributed by atoms with Gasteiger partial charge >= 0.3 is 0 Å². The molecule has 8 heteroatoms. The summed E-state index contributed by atoms with van der Waals surface area (Å²) in [4.78, 5) is 30.9. The second kappa shape index (κ2) is 6.78. The minimum absolute atomic E-state index is 0.0988. The van der Waals surface area contributed by atoms with E-state index in [1.54, 1.807) is 25.6 Å². The molecule has 0 spiro atoms. The number of aromatic amines is 1. The average Bonchev–Trinajstić information content (AvgIpc) is 3.01.